The third-order valence-electron chi connectivity index (χ3n) is 4.76. The summed E-state index contributed by atoms with van der Waals surface area (Å²) in [4.78, 5) is 18.5. The van der Waals surface area contributed by atoms with E-state index in [0.717, 1.165) is 13.1 Å². The van der Waals surface area contributed by atoms with Gasteiger partial charge in [-0.2, -0.15) is 5.26 Å². The third-order valence-corrected chi connectivity index (χ3v) is 4.76. The number of ether oxygens (including phenoxy) is 1. The van der Waals surface area contributed by atoms with E-state index in [4.69, 9.17) is 10.00 Å². The van der Waals surface area contributed by atoms with Gasteiger partial charge in [-0.25, -0.2) is 4.39 Å². The Labute approximate surface area is 147 Å². The van der Waals surface area contributed by atoms with Gasteiger partial charge in [0.2, 0.25) is 5.91 Å². The molecular formula is C18H23FN4O2. The summed E-state index contributed by atoms with van der Waals surface area (Å²) in [5.74, 6) is -0.135. The van der Waals surface area contributed by atoms with Crippen molar-refractivity contribution in [2.45, 2.75) is 6.54 Å². The van der Waals surface area contributed by atoms with Crippen molar-refractivity contribution in [3.8, 4) is 6.07 Å². The molecule has 1 amide bonds. The number of carbonyl (C=O) groups is 1. The predicted octanol–water partition coefficient (Wildman–Crippen LogP) is 0.674. The van der Waals surface area contributed by atoms with Crippen LogP contribution >= 0.6 is 0 Å². The average Bonchev–Trinajstić information content (AvgIpc) is 2.65. The van der Waals surface area contributed by atoms with Crippen molar-refractivity contribution in [1.82, 2.24) is 14.7 Å². The Morgan fingerprint density at radius 1 is 1.12 bits per heavy atom. The van der Waals surface area contributed by atoms with Gasteiger partial charge in [0, 0.05) is 51.4 Å². The Kier molecular flexibility index (Phi) is 5.97. The largest absolute Gasteiger partial charge is 0.379 e. The van der Waals surface area contributed by atoms with Crippen LogP contribution in [0.2, 0.25) is 0 Å². The molecule has 0 aliphatic carbocycles. The van der Waals surface area contributed by atoms with Crippen LogP contribution in [-0.4, -0.2) is 79.6 Å². The van der Waals surface area contributed by atoms with E-state index in [0.29, 0.717) is 63.6 Å². The lowest BCUT2D eigenvalue weighted by molar-refractivity contribution is -0.135. The number of benzene rings is 1. The summed E-state index contributed by atoms with van der Waals surface area (Å²) in [5, 5.41) is 8.95. The lowest BCUT2D eigenvalue weighted by atomic mass is 10.1. The molecule has 3 rings (SSSR count). The summed E-state index contributed by atoms with van der Waals surface area (Å²) in [6.07, 6.45) is 0. The van der Waals surface area contributed by atoms with Gasteiger partial charge in [0.05, 0.1) is 31.4 Å². The van der Waals surface area contributed by atoms with E-state index in [1.165, 1.54) is 12.1 Å². The van der Waals surface area contributed by atoms with Crippen molar-refractivity contribution >= 4 is 5.91 Å². The second kappa shape index (κ2) is 8.39. The molecule has 0 aromatic heterocycles. The first-order valence-electron chi connectivity index (χ1n) is 8.64. The first-order chi connectivity index (χ1) is 12.2. The summed E-state index contributed by atoms with van der Waals surface area (Å²) in [5.41, 5.74) is 1.00. The summed E-state index contributed by atoms with van der Waals surface area (Å²) in [7, 11) is 0. The fraction of sp³-hybridized carbons (Fsp3) is 0.556. The van der Waals surface area contributed by atoms with E-state index in [9.17, 15) is 9.18 Å². The van der Waals surface area contributed by atoms with Crippen LogP contribution in [0.1, 0.15) is 11.1 Å². The summed E-state index contributed by atoms with van der Waals surface area (Å²) >= 11 is 0. The molecule has 25 heavy (non-hydrogen) atoms. The summed E-state index contributed by atoms with van der Waals surface area (Å²) in [6, 6.07) is 6.47. The van der Waals surface area contributed by atoms with Crippen LogP contribution in [-0.2, 0) is 16.1 Å². The molecule has 0 bridgehead atoms. The lowest BCUT2D eigenvalue weighted by Crippen LogP contribution is -2.52. The lowest BCUT2D eigenvalue weighted by Gasteiger charge is -2.36. The van der Waals surface area contributed by atoms with E-state index in [1.807, 2.05) is 11.0 Å². The van der Waals surface area contributed by atoms with Gasteiger partial charge in [-0.05, 0) is 18.2 Å². The van der Waals surface area contributed by atoms with Gasteiger partial charge in [-0.1, -0.05) is 0 Å². The highest BCUT2D eigenvalue weighted by atomic mass is 19.1. The maximum absolute atomic E-state index is 13.9. The zero-order valence-corrected chi connectivity index (χ0v) is 14.3. The first-order valence-corrected chi connectivity index (χ1v) is 8.64. The van der Waals surface area contributed by atoms with Gasteiger partial charge >= 0.3 is 0 Å². The van der Waals surface area contributed by atoms with Crippen molar-refractivity contribution in [2.24, 2.45) is 0 Å². The number of morpholine rings is 1. The van der Waals surface area contributed by atoms with E-state index in [-0.39, 0.29) is 11.7 Å². The third kappa shape index (κ3) is 4.75. The monoisotopic (exact) mass is 346 g/mol. The molecule has 0 spiro atoms. The molecule has 6 nitrogen and oxygen atoms in total. The Morgan fingerprint density at radius 3 is 2.52 bits per heavy atom. The quantitative estimate of drug-likeness (QED) is 0.802. The van der Waals surface area contributed by atoms with Crippen molar-refractivity contribution in [3.63, 3.8) is 0 Å². The average molecular weight is 346 g/mol. The molecule has 1 aromatic carbocycles. The molecule has 134 valence electrons. The van der Waals surface area contributed by atoms with E-state index in [1.54, 1.807) is 6.07 Å². The Hall–Kier alpha value is -2.01. The van der Waals surface area contributed by atoms with Crippen LogP contribution in [0.4, 0.5) is 4.39 Å². The molecule has 0 saturated carbocycles. The van der Waals surface area contributed by atoms with Crippen LogP contribution in [0, 0.1) is 17.1 Å². The van der Waals surface area contributed by atoms with Gasteiger partial charge in [-0.15, -0.1) is 0 Å². The summed E-state index contributed by atoms with van der Waals surface area (Å²) in [6.45, 7) is 6.64. The van der Waals surface area contributed by atoms with Crippen LogP contribution in [0.5, 0.6) is 0 Å². The normalized spacial score (nSPS) is 19.6. The van der Waals surface area contributed by atoms with Crippen molar-refractivity contribution < 1.29 is 13.9 Å². The SMILES string of the molecule is N#Cc1ccc(F)c(CN2CCN(C(=O)CN3CCOCC3)CC2)c1. The van der Waals surface area contributed by atoms with E-state index >= 15 is 0 Å². The number of hydrogen-bond acceptors (Lipinski definition) is 5. The van der Waals surface area contributed by atoms with Crippen LogP contribution in [0.25, 0.3) is 0 Å². The fourth-order valence-electron chi connectivity index (χ4n) is 3.21. The van der Waals surface area contributed by atoms with Crippen molar-refractivity contribution in [2.75, 3.05) is 59.0 Å². The number of halogens is 1. The number of amides is 1. The molecule has 2 aliphatic heterocycles. The first kappa shape index (κ1) is 17.8. The molecule has 2 saturated heterocycles. The van der Waals surface area contributed by atoms with Crippen LogP contribution in [0.15, 0.2) is 18.2 Å². The molecule has 1 aromatic rings. The minimum atomic E-state index is -0.287. The van der Waals surface area contributed by atoms with Crippen molar-refractivity contribution in [3.05, 3.63) is 35.1 Å². The zero-order chi connectivity index (χ0) is 17.6. The van der Waals surface area contributed by atoms with Crippen LogP contribution in [0.3, 0.4) is 0 Å². The van der Waals surface area contributed by atoms with Gasteiger partial charge in [-0.3, -0.25) is 14.6 Å². The van der Waals surface area contributed by atoms with Crippen molar-refractivity contribution in [1.29, 1.82) is 5.26 Å². The molecule has 0 radical (unpaired) electrons. The molecule has 2 heterocycles. The van der Waals surface area contributed by atoms with E-state index in [2.05, 4.69) is 9.80 Å². The fourth-order valence-corrected chi connectivity index (χ4v) is 3.21. The molecule has 0 atom stereocenters. The topological polar surface area (TPSA) is 59.8 Å². The predicted molar refractivity (Wildman–Crippen MR) is 90.2 cm³/mol. The molecular weight excluding hydrogens is 323 g/mol. The van der Waals surface area contributed by atoms with Gasteiger partial charge in [0.15, 0.2) is 0 Å². The molecule has 2 aliphatic rings. The number of nitriles is 1. The van der Waals surface area contributed by atoms with Crippen LogP contribution < -0.4 is 0 Å². The Bertz CT molecular complexity index is 647. The van der Waals surface area contributed by atoms with Gasteiger partial charge < -0.3 is 9.64 Å². The number of rotatable bonds is 4. The number of hydrogen-bond donors (Lipinski definition) is 0. The molecule has 7 heteroatoms. The second-order valence-corrected chi connectivity index (χ2v) is 6.46. The van der Waals surface area contributed by atoms with Gasteiger partial charge in [0.1, 0.15) is 5.82 Å². The maximum Gasteiger partial charge on any atom is 0.236 e. The highest BCUT2D eigenvalue weighted by molar-refractivity contribution is 5.78. The van der Waals surface area contributed by atoms with Gasteiger partial charge in [0.25, 0.3) is 0 Å². The Morgan fingerprint density at radius 2 is 1.84 bits per heavy atom. The highest BCUT2D eigenvalue weighted by Crippen LogP contribution is 2.14. The number of piperazine rings is 1. The number of nitrogens with zero attached hydrogens (tertiary/aromatic N) is 4. The second-order valence-electron chi connectivity index (χ2n) is 6.46. The number of carbonyl (C=O) groups excluding carboxylic acids is 1. The minimum Gasteiger partial charge on any atom is -0.379 e. The summed E-state index contributed by atoms with van der Waals surface area (Å²) < 4.78 is 19.2. The molecule has 2 fully saturated rings. The highest BCUT2D eigenvalue weighted by Gasteiger charge is 2.24. The molecule has 0 N–H and O–H groups in total. The standard InChI is InChI=1S/C18H23FN4O2/c19-17-2-1-15(12-20)11-16(17)13-21-3-5-23(6-4-21)18(24)14-22-7-9-25-10-8-22/h1-2,11H,3-10,13-14H2. The zero-order valence-electron chi connectivity index (χ0n) is 14.3. The van der Waals surface area contributed by atoms with E-state index < -0.39 is 0 Å². The minimum absolute atomic E-state index is 0.152. The smallest absolute Gasteiger partial charge is 0.236 e. The Balaban J connectivity index is 1.48. The maximum atomic E-state index is 13.9. The molecule has 0 unspecified atom stereocenters.